The highest BCUT2D eigenvalue weighted by Crippen LogP contribution is 2.14. The monoisotopic (exact) mass is 270 g/mol. The summed E-state index contributed by atoms with van der Waals surface area (Å²) in [6, 6.07) is 10.5. The lowest BCUT2D eigenvalue weighted by Gasteiger charge is -1.87. The smallest absolute Gasteiger partial charge is 0.400 e. The molecular formula is C13H10N4O3. The van der Waals surface area contributed by atoms with E-state index in [4.69, 9.17) is 4.42 Å². The Balaban J connectivity index is 1.71. The summed E-state index contributed by atoms with van der Waals surface area (Å²) in [4.78, 5) is 21.5. The minimum absolute atomic E-state index is 0.296. The van der Waals surface area contributed by atoms with Crippen molar-refractivity contribution < 1.29 is 9.34 Å². The number of aliphatic imine (C=N–C) groups is 1. The van der Waals surface area contributed by atoms with Crippen LogP contribution in [-0.4, -0.2) is 21.1 Å². The summed E-state index contributed by atoms with van der Waals surface area (Å²) in [7, 11) is 0. The van der Waals surface area contributed by atoms with Gasteiger partial charge in [-0.2, -0.15) is 0 Å². The minimum atomic E-state index is -0.587. The average Bonchev–Trinajstić information content (AvgIpc) is 3.04. The first-order valence-electron chi connectivity index (χ1n) is 5.90. The topological polar surface area (TPSA) is 97.3 Å². The van der Waals surface area contributed by atoms with Crippen molar-refractivity contribution in [1.29, 1.82) is 0 Å². The molecule has 7 nitrogen and oxygen atoms in total. The first-order valence-corrected chi connectivity index (χ1v) is 5.90. The fraction of sp³-hybridized carbons (Fsp3) is 0.0769. The highest BCUT2D eigenvalue weighted by Gasteiger charge is 2.10. The Morgan fingerprint density at radius 2 is 2.20 bits per heavy atom. The van der Waals surface area contributed by atoms with Gasteiger partial charge in [-0.3, -0.25) is 15.1 Å². The van der Waals surface area contributed by atoms with E-state index in [9.17, 15) is 10.1 Å². The van der Waals surface area contributed by atoms with E-state index in [1.807, 2.05) is 24.3 Å². The van der Waals surface area contributed by atoms with Crippen molar-refractivity contribution >= 4 is 23.1 Å². The summed E-state index contributed by atoms with van der Waals surface area (Å²) in [5.74, 6) is 0.770. The van der Waals surface area contributed by atoms with Gasteiger partial charge in [0.05, 0.1) is 29.9 Å². The zero-order valence-corrected chi connectivity index (χ0v) is 10.3. The highest BCUT2D eigenvalue weighted by atomic mass is 16.6. The van der Waals surface area contributed by atoms with E-state index in [1.54, 1.807) is 0 Å². The Morgan fingerprint density at radius 1 is 1.35 bits per heavy atom. The molecule has 0 amide bonds. The predicted octanol–water partition coefficient (Wildman–Crippen LogP) is 2.68. The normalized spacial score (nSPS) is 11.4. The summed E-state index contributed by atoms with van der Waals surface area (Å²) in [5.41, 5.74) is 1.83. The van der Waals surface area contributed by atoms with Crippen molar-refractivity contribution in [3.63, 3.8) is 0 Å². The number of H-pyrrole nitrogens is 1. The first kappa shape index (κ1) is 12.1. The van der Waals surface area contributed by atoms with Gasteiger partial charge in [-0.05, 0) is 18.2 Å². The molecule has 0 bridgehead atoms. The van der Waals surface area contributed by atoms with Crippen LogP contribution in [0.25, 0.3) is 11.0 Å². The summed E-state index contributed by atoms with van der Waals surface area (Å²) >= 11 is 0. The fourth-order valence-electron chi connectivity index (χ4n) is 1.81. The second-order valence-electron chi connectivity index (χ2n) is 4.10. The number of aromatic amines is 1. The molecule has 0 radical (unpaired) electrons. The van der Waals surface area contributed by atoms with Crippen molar-refractivity contribution in [1.82, 2.24) is 9.97 Å². The molecule has 0 spiro atoms. The van der Waals surface area contributed by atoms with Crippen LogP contribution in [0.3, 0.4) is 0 Å². The van der Waals surface area contributed by atoms with Crippen LogP contribution in [0.1, 0.15) is 11.6 Å². The zero-order chi connectivity index (χ0) is 13.9. The maximum absolute atomic E-state index is 10.5. The Bertz CT molecular complexity index is 755. The number of nitrogens with one attached hydrogen (secondary N) is 1. The molecule has 3 aromatic rings. The van der Waals surface area contributed by atoms with Crippen molar-refractivity contribution in [3.8, 4) is 0 Å². The highest BCUT2D eigenvalue weighted by molar-refractivity contribution is 5.76. The van der Waals surface area contributed by atoms with Crippen LogP contribution >= 0.6 is 0 Å². The Labute approximate surface area is 113 Å². The van der Waals surface area contributed by atoms with E-state index in [2.05, 4.69) is 15.0 Å². The number of furan rings is 1. The number of nitro groups is 1. The number of aromatic nitrogens is 2. The third-order valence-electron chi connectivity index (χ3n) is 2.69. The van der Waals surface area contributed by atoms with Crippen LogP contribution < -0.4 is 0 Å². The van der Waals surface area contributed by atoms with Gasteiger partial charge in [0, 0.05) is 0 Å². The first-order chi connectivity index (χ1) is 9.72. The summed E-state index contributed by atoms with van der Waals surface area (Å²) in [5, 5.41) is 10.5. The van der Waals surface area contributed by atoms with Gasteiger partial charge in [-0.1, -0.05) is 12.1 Å². The molecule has 0 aliphatic heterocycles. The van der Waals surface area contributed by atoms with E-state index < -0.39 is 4.92 Å². The van der Waals surface area contributed by atoms with Gasteiger partial charge in [0.2, 0.25) is 0 Å². The molecule has 2 heterocycles. The van der Waals surface area contributed by atoms with Crippen LogP contribution in [0.2, 0.25) is 0 Å². The lowest BCUT2D eigenvalue weighted by Crippen LogP contribution is -1.86. The number of hydrogen-bond acceptors (Lipinski definition) is 5. The number of hydrogen-bond donors (Lipinski definition) is 1. The lowest BCUT2D eigenvalue weighted by molar-refractivity contribution is -0.402. The summed E-state index contributed by atoms with van der Waals surface area (Å²) < 4.78 is 4.96. The van der Waals surface area contributed by atoms with Crippen molar-refractivity contribution in [2.75, 3.05) is 0 Å². The predicted molar refractivity (Wildman–Crippen MR) is 72.8 cm³/mol. The largest absolute Gasteiger partial charge is 0.433 e. The molecule has 7 heteroatoms. The van der Waals surface area contributed by atoms with Crippen LogP contribution in [-0.2, 0) is 6.54 Å². The van der Waals surface area contributed by atoms with Gasteiger partial charge in [-0.25, -0.2) is 4.98 Å². The Hall–Kier alpha value is -2.96. The summed E-state index contributed by atoms with van der Waals surface area (Å²) in [6.45, 7) is 0.350. The minimum Gasteiger partial charge on any atom is -0.400 e. The third kappa shape index (κ3) is 2.41. The maximum atomic E-state index is 10.5. The lowest BCUT2D eigenvalue weighted by atomic mass is 10.3. The second kappa shape index (κ2) is 4.96. The number of para-hydroxylation sites is 2. The molecule has 100 valence electrons. The Kier molecular flexibility index (Phi) is 3.00. The molecule has 0 atom stereocenters. The van der Waals surface area contributed by atoms with E-state index in [0.29, 0.717) is 12.3 Å². The van der Waals surface area contributed by atoms with Crippen molar-refractivity contribution in [2.24, 2.45) is 4.99 Å². The molecule has 0 unspecified atom stereocenters. The van der Waals surface area contributed by atoms with Gasteiger partial charge in [-0.15, -0.1) is 0 Å². The fourth-order valence-corrected chi connectivity index (χ4v) is 1.81. The molecule has 2 aromatic heterocycles. The van der Waals surface area contributed by atoms with E-state index in [0.717, 1.165) is 16.9 Å². The number of benzene rings is 1. The average molecular weight is 270 g/mol. The van der Waals surface area contributed by atoms with Crippen molar-refractivity contribution in [3.05, 3.63) is 58.1 Å². The van der Waals surface area contributed by atoms with Gasteiger partial charge in [0.15, 0.2) is 5.76 Å². The number of rotatable bonds is 4. The summed E-state index contributed by atoms with van der Waals surface area (Å²) in [6.07, 6.45) is 1.44. The van der Waals surface area contributed by atoms with Crippen LogP contribution in [0, 0.1) is 10.1 Å². The molecule has 0 aliphatic rings. The quantitative estimate of drug-likeness (QED) is 0.447. The van der Waals surface area contributed by atoms with Gasteiger partial charge < -0.3 is 9.40 Å². The molecule has 0 saturated heterocycles. The third-order valence-corrected chi connectivity index (χ3v) is 2.69. The second-order valence-corrected chi connectivity index (χ2v) is 4.10. The van der Waals surface area contributed by atoms with E-state index >= 15 is 0 Å². The number of nitrogens with zero attached hydrogens (tertiary/aromatic N) is 3. The van der Waals surface area contributed by atoms with Gasteiger partial charge >= 0.3 is 5.88 Å². The van der Waals surface area contributed by atoms with Gasteiger partial charge in [0.25, 0.3) is 0 Å². The van der Waals surface area contributed by atoms with Crippen LogP contribution in [0.5, 0.6) is 0 Å². The van der Waals surface area contributed by atoms with Crippen molar-refractivity contribution in [2.45, 2.75) is 6.54 Å². The number of fused-ring (bicyclic) bond motifs is 1. The standard InChI is InChI=1S/C13H10N4O3/c18-17(19)13-6-5-9(20-13)7-14-8-12-15-10-3-1-2-4-11(10)16-12/h1-7H,8H2,(H,15,16). The van der Waals surface area contributed by atoms with E-state index in [-0.39, 0.29) is 5.88 Å². The molecule has 0 fully saturated rings. The Morgan fingerprint density at radius 3 is 2.95 bits per heavy atom. The maximum Gasteiger partial charge on any atom is 0.433 e. The molecular weight excluding hydrogens is 260 g/mol. The number of imidazole rings is 1. The zero-order valence-electron chi connectivity index (χ0n) is 10.3. The molecule has 0 aliphatic carbocycles. The van der Waals surface area contributed by atoms with Crippen LogP contribution in [0.4, 0.5) is 5.88 Å². The molecule has 3 rings (SSSR count). The van der Waals surface area contributed by atoms with Crippen LogP contribution in [0.15, 0.2) is 45.8 Å². The van der Waals surface area contributed by atoms with Gasteiger partial charge in [0.1, 0.15) is 10.7 Å². The molecule has 1 aromatic carbocycles. The molecule has 1 N–H and O–H groups in total. The SMILES string of the molecule is O=[N+]([O-])c1ccc(C=NCc2nc3ccccc3[nH]2)o1. The molecule has 0 saturated carbocycles. The molecule has 20 heavy (non-hydrogen) atoms. The van der Waals surface area contributed by atoms with E-state index in [1.165, 1.54) is 18.3 Å².